The minimum atomic E-state index is -0.344. The molecular weight excluding hydrogens is 410 g/mol. The monoisotopic (exact) mass is 424 g/mol. The fourth-order valence-corrected chi connectivity index (χ4v) is 3.42. The van der Waals surface area contributed by atoms with Crippen LogP contribution in [0, 0.1) is 5.82 Å². The van der Waals surface area contributed by atoms with E-state index in [1.165, 1.54) is 17.0 Å². The Balaban J connectivity index is 1.84. The molecule has 1 aliphatic heterocycles. The molecule has 0 radical (unpaired) electrons. The summed E-state index contributed by atoms with van der Waals surface area (Å²) in [5, 5.41) is 0.989. The van der Waals surface area contributed by atoms with Crippen LogP contribution >= 0.6 is 35.4 Å². The summed E-state index contributed by atoms with van der Waals surface area (Å²) in [4.78, 5) is 15.3. The summed E-state index contributed by atoms with van der Waals surface area (Å²) in [5.74, 6) is -0.256. The van der Waals surface area contributed by atoms with Crippen molar-refractivity contribution >= 4 is 52.5 Å². The van der Waals surface area contributed by atoms with Gasteiger partial charge < -0.3 is 9.64 Å². The molecule has 1 amide bonds. The third kappa shape index (κ3) is 4.08. The molecule has 0 aliphatic carbocycles. The summed E-state index contributed by atoms with van der Waals surface area (Å²) in [6.45, 7) is 0.123. The van der Waals surface area contributed by atoms with E-state index < -0.39 is 0 Å². The number of benzene rings is 2. The lowest BCUT2D eigenvalue weighted by atomic mass is 10.1. The average molecular weight is 425 g/mol. The van der Waals surface area contributed by atoms with E-state index in [2.05, 4.69) is 0 Å². The van der Waals surface area contributed by atoms with Crippen LogP contribution in [0.15, 0.2) is 42.1 Å². The zero-order valence-corrected chi connectivity index (χ0v) is 16.8. The van der Waals surface area contributed by atoms with Gasteiger partial charge in [0, 0.05) is 14.1 Å². The normalized spacial score (nSPS) is 15.8. The smallest absolute Gasteiger partial charge is 0.276 e. The number of likely N-dealkylation sites (N-methyl/N-ethyl adjacent to an activating group) is 2. The Morgan fingerprint density at radius 2 is 1.81 bits per heavy atom. The first-order valence-corrected chi connectivity index (χ1v) is 9.08. The van der Waals surface area contributed by atoms with E-state index in [0.29, 0.717) is 27.7 Å². The molecule has 1 fully saturated rings. The van der Waals surface area contributed by atoms with Gasteiger partial charge in [-0.15, -0.1) is 0 Å². The third-order valence-corrected chi connectivity index (χ3v) is 5.16. The predicted octanol–water partition coefficient (Wildman–Crippen LogP) is 4.74. The van der Waals surface area contributed by atoms with Gasteiger partial charge in [0.05, 0.1) is 10.0 Å². The van der Waals surface area contributed by atoms with Crippen LogP contribution in [0.2, 0.25) is 10.0 Å². The second-order valence-electron chi connectivity index (χ2n) is 5.97. The van der Waals surface area contributed by atoms with Crippen molar-refractivity contribution in [2.45, 2.75) is 6.61 Å². The number of hydrogen-bond donors (Lipinski definition) is 0. The number of amides is 1. The second kappa shape index (κ2) is 7.84. The van der Waals surface area contributed by atoms with Gasteiger partial charge in [0.25, 0.3) is 5.91 Å². The van der Waals surface area contributed by atoms with Gasteiger partial charge in [-0.3, -0.25) is 9.69 Å². The largest absolute Gasteiger partial charge is 0.486 e. The number of halogens is 3. The van der Waals surface area contributed by atoms with E-state index in [1.807, 2.05) is 0 Å². The number of thiocarbonyl (C=S) groups is 1. The van der Waals surface area contributed by atoms with Crippen molar-refractivity contribution in [3.8, 4) is 5.75 Å². The molecule has 1 saturated heterocycles. The zero-order chi connectivity index (χ0) is 19.7. The van der Waals surface area contributed by atoms with Crippen molar-refractivity contribution < 1.29 is 13.9 Å². The average Bonchev–Trinajstić information content (AvgIpc) is 2.79. The molecule has 2 aromatic rings. The van der Waals surface area contributed by atoms with Gasteiger partial charge in [-0.25, -0.2) is 4.39 Å². The SMILES string of the molecule is CN1C(=O)/C(=C/c2cc(Cl)c(OCc3cccc(F)c3)c(Cl)c2)N(C)C1=S. The molecule has 0 unspecified atom stereocenters. The highest BCUT2D eigenvalue weighted by Gasteiger charge is 2.32. The Morgan fingerprint density at radius 1 is 1.15 bits per heavy atom. The molecule has 1 heterocycles. The summed E-state index contributed by atoms with van der Waals surface area (Å²) in [6.07, 6.45) is 1.66. The quantitative estimate of drug-likeness (QED) is 0.523. The van der Waals surface area contributed by atoms with Crippen molar-refractivity contribution in [2.24, 2.45) is 0 Å². The lowest BCUT2D eigenvalue weighted by Crippen LogP contribution is -2.26. The van der Waals surface area contributed by atoms with E-state index in [1.54, 1.807) is 49.3 Å². The number of rotatable bonds is 4. The molecule has 8 heteroatoms. The molecule has 0 N–H and O–H groups in total. The van der Waals surface area contributed by atoms with Crippen molar-refractivity contribution in [1.82, 2.24) is 9.80 Å². The summed E-state index contributed by atoms with van der Waals surface area (Å²) >= 11 is 17.8. The Bertz CT molecular complexity index is 941. The van der Waals surface area contributed by atoms with Crippen LogP contribution in [0.4, 0.5) is 4.39 Å². The fourth-order valence-electron chi connectivity index (χ4n) is 2.63. The van der Waals surface area contributed by atoms with Crippen molar-refractivity contribution in [3.05, 3.63) is 69.1 Å². The minimum Gasteiger partial charge on any atom is -0.486 e. The van der Waals surface area contributed by atoms with Gasteiger partial charge in [0.1, 0.15) is 18.1 Å². The molecule has 0 spiro atoms. The van der Waals surface area contributed by atoms with Gasteiger partial charge in [-0.2, -0.15) is 0 Å². The Labute approximate surface area is 171 Å². The Kier molecular flexibility index (Phi) is 5.69. The Morgan fingerprint density at radius 3 is 2.37 bits per heavy atom. The Hall–Kier alpha value is -2.15. The molecule has 1 aliphatic rings. The van der Waals surface area contributed by atoms with E-state index in [-0.39, 0.29) is 28.4 Å². The highest BCUT2D eigenvalue weighted by Crippen LogP contribution is 2.36. The van der Waals surface area contributed by atoms with Crippen molar-refractivity contribution in [3.63, 3.8) is 0 Å². The van der Waals surface area contributed by atoms with Crippen LogP contribution in [0.25, 0.3) is 6.08 Å². The van der Waals surface area contributed by atoms with E-state index in [0.717, 1.165) is 0 Å². The number of hydrogen-bond acceptors (Lipinski definition) is 3. The number of ether oxygens (including phenoxy) is 1. The minimum absolute atomic E-state index is 0.123. The van der Waals surface area contributed by atoms with Crippen molar-refractivity contribution in [1.29, 1.82) is 0 Å². The van der Waals surface area contributed by atoms with E-state index in [9.17, 15) is 9.18 Å². The van der Waals surface area contributed by atoms with Gasteiger partial charge in [0.15, 0.2) is 10.9 Å². The topological polar surface area (TPSA) is 32.8 Å². The first-order valence-electron chi connectivity index (χ1n) is 7.91. The fraction of sp³-hybridized carbons (Fsp3) is 0.158. The van der Waals surface area contributed by atoms with Crippen LogP contribution < -0.4 is 4.74 Å². The maximum absolute atomic E-state index is 13.3. The second-order valence-corrected chi connectivity index (χ2v) is 7.15. The third-order valence-electron chi connectivity index (χ3n) is 4.06. The molecule has 27 heavy (non-hydrogen) atoms. The molecule has 0 bridgehead atoms. The first kappa shape index (κ1) is 19.6. The van der Waals surface area contributed by atoms with Gasteiger partial charge >= 0.3 is 0 Å². The van der Waals surface area contributed by atoms with Gasteiger partial charge in [-0.05, 0) is 53.7 Å². The van der Waals surface area contributed by atoms with Gasteiger partial charge in [0.2, 0.25) is 0 Å². The molecule has 0 atom stereocenters. The van der Waals surface area contributed by atoms with Crippen molar-refractivity contribution in [2.75, 3.05) is 14.1 Å². The summed E-state index contributed by atoms with van der Waals surface area (Å²) < 4.78 is 18.9. The first-order chi connectivity index (χ1) is 12.8. The molecule has 140 valence electrons. The maximum atomic E-state index is 13.3. The highest BCUT2D eigenvalue weighted by atomic mass is 35.5. The van der Waals surface area contributed by atoms with Crippen LogP contribution in [-0.4, -0.2) is 34.9 Å². The number of carbonyl (C=O) groups is 1. The molecule has 0 saturated carbocycles. The lowest BCUT2D eigenvalue weighted by molar-refractivity contribution is -0.121. The molecule has 3 rings (SSSR count). The van der Waals surface area contributed by atoms with Crippen LogP contribution in [-0.2, 0) is 11.4 Å². The van der Waals surface area contributed by atoms with E-state index >= 15 is 0 Å². The number of carbonyl (C=O) groups excluding carboxylic acids is 1. The summed E-state index contributed by atoms with van der Waals surface area (Å²) in [6, 6.07) is 9.36. The highest BCUT2D eigenvalue weighted by molar-refractivity contribution is 7.80. The maximum Gasteiger partial charge on any atom is 0.276 e. The summed E-state index contributed by atoms with van der Waals surface area (Å²) in [7, 11) is 3.33. The summed E-state index contributed by atoms with van der Waals surface area (Å²) in [5.41, 5.74) is 1.71. The molecule has 4 nitrogen and oxygen atoms in total. The lowest BCUT2D eigenvalue weighted by Gasteiger charge is -2.13. The predicted molar refractivity (Wildman–Crippen MR) is 108 cm³/mol. The van der Waals surface area contributed by atoms with Crippen LogP contribution in [0.3, 0.4) is 0 Å². The van der Waals surface area contributed by atoms with Gasteiger partial charge in [-0.1, -0.05) is 35.3 Å². The zero-order valence-electron chi connectivity index (χ0n) is 14.5. The standard InChI is InChI=1S/C19H15Cl2FN2O2S/c1-23-16(18(25)24(2)19(23)27)9-12-7-14(20)17(15(21)8-12)26-10-11-4-3-5-13(22)6-11/h3-9H,10H2,1-2H3/b16-9-. The van der Waals surface area contributed by atoms with Crippen LogP contribution in [0.1, 0.15) is 11.1 Å². The van der Waals surface area contributed by atoms with E-state index in [4.69, 9.17) is 40.2 Å². The molecular formula is C19H15Cl2FN2O2S. The molecule has 0 aromatic heterocycles. The number of nitrogens with zero attached hydrogens (tertiary/aromatic N) is 2. The molecule has 2 aromatic carbocycles. The van der Waals surface area contributed by atoms with Crippen LogP contribution in [0.5, 0.6) is 5.75 Å².